The highest BCUT2D eigenvalue weighted by atomic mass is 35.5. The number of anilines is 1. The highest BCUT2D eigenvalue weighted by Gasteiger charge is 2.13. The van der Waals surface area contributed by atoms with Crippen LogP contribution in [0.25, 0.3) is 11.4 Å². The average Bonchev–Trinajstić information content (AvgIpc) is 3.08. The standard InChI is InChI=1S/C17H15Cl2N5O3/c1-26-14-4-3-10(5-15(14)27-2)17-21-23-24(22-17)9-16(25)20-13-7-11(18)6-12(19)8-13/h3-8H,9H2,1-2H3,(H,20,25). The minimum Gasteiger partial charge on any atom is -0.493 e. The average molecular weight is 408 g/mol. The second-order valence-electron chi connectivity index (χ2n) is 5.42. The number of hydrogen-bond acceptors (Lipinski definition) is 6. The number of amides is 1. The van der Waals surface area contributed by atoms with E-state index in [1.165, 1.54) is 4.80 Å². The third-order valence-corrected chi connectivity index (χ3v) is 3.96. The molecular weight excluding hydrogens is 393 g/mol. The lowest BCUT2D eigenvalue weighted by Gasteiger charge is -2.07. The highest BCUT2D eigenvalue weighted by molar-refractivity contribution is 6.35. The quantitative estimate of drug-likeness (QED) is 0.673. The lowest BCUT2D eigenvalue weighted by atomic mass is 10.2. The lowest BCUT2D eigenvalue weighted by molar-refractivity contribution is -0.117. The smallest absolute Gasteiger partial charge is 0.248 e. The summed E-state index contributed by atoms with van der Waals surface area (Å²) in [7, 11) is 3.09. The fourth-order valence-corrected chi connectivity index (χ4v) is 2.88. The maximum absolute atomic E-state index is 12.2. The normalized spacial score (nSPS) is 10.5. The van der Waals surface area contributed by atoms with Gasteiger partial charge in [0.05, 0.1) is 14.2 Å². The van der Waals surface area contributed by atoms with Crippen LogP contribution < -0.4 is 14.8 Å². The molecule has 0 saturated heterocycles. The maximum Gasteiger partial charge on any atom is 0.248 e. The van der Waals surface area contributed by atoms with Crippen molar-refractivity contribution in [2.75, 3.05) is 19.5 Å². The van der Waals surface area contributed by atoms with Gasteiger partial charge >= 0.3 is 0 Å². The molecule has 10 heteroatoms. The van der Waals surface area contributed by atoms with Crippen molar-refractivity contribution in [2.45, 2.75) is 6.54 Å². The van der Waals surface area contributed by atoms with Crippen molar-refractivity contribution < 1.29 is 14.3 Å². The SMILES string of the molecule is COc1ccc(-c2nnn(CC(=O)Nc3cc(Cl)cc(Cl)c3)n2)cc1OC. The Kier molecular flexibility index (Phi) is 5.78. The zero-order valence-electron chi connectivity index (χ0n) is 14.4. The van der Waals surface area contributed by atoms with Crippen LogP contribution in [0.1, 0.15) is 0 Å². The van der Waals surface area contributed by atoms with E-state index in [9.17, 15) is 4.79 Å². The summed E-state index contributed by atoms with van der Waals surface area (Å²) in [5.41, 5.74) is 1.17. The molecule has 0 radical (unpaired) electrons. The molecule has 1 amide bonds. The minimum absolute atomic E-state index is 0.121. The number of methoxy groups -OCH3 is 2. The van der Waals surface area contributed by atoms with Gasteiger partial charge in [-0.2, -0.15) is 4.80 Å². The summed E-state index contributed by atoms with van der Waals surface area (Å²) in [4.78, 5) is 13.4. The summed E-state index contributed by atoms with van der Waals surface area (Å²) in [6.45, 7) is -0.121. The molecule has 0 fully saturated rings. The summed E-state index contributed by atoms with van der Waals surface area (Å²) in [5, 5.41) is 15.6. The van der Waals surface area contributed by atoms with Crippen LogP contribution in [0, 0.1) is 0 Å². The van der Waals surface area contributed by atoms with E-state index in [0.29, 0.717) is 38.6 Å². The largest absolute Gasteiger partial charge is 0.493 e. The van der Waals surface area contributed by atoms with Crippen LogP contribution in [0.2, 0.25) is 10.0 Å². The molecule has 0 atom stereocenters. The number of nitrogens with zero attached hydrogens (tertiary/aromatic N) is 4. The van der Waals surface area contributed by atoms with Gasteiger partial charge in [-0.3, -0.25) is 4.79 Å². The first-order valence-corrected chi connectivity index (χ1v) is 8.50. The molecular formula is C17H15Cl2N5O3. The maximum atomic E-state index is 12.2. The second kappa shape index (κ2) is 8.24. The topological polar surface area (TPSA) is 91.2 Å². The number of nitrogens with one attached hydrogen (secondary N) is 1. The second-order valence-corrected chi connectivity index (χ2v) is 6.29. The fourth-order valence-electron chi connectivity index (χ4n) is 2.36. The van der Waals surface area contributed by atoms with Crippen molar-refractivity contribution >= 4 is 34.8 Å². The van der Waals surface area contributed by atoms with E-state index in [4.69, 9.17) is 32.7 Å². The first kappa shape index (κ1) is 18.9. The number of tetrazole rings is 1. The molecule has 0 saturated carbocycles. The molecule has 27 heavy (non-hydrogen) atoms. The lowest BCUT2D eigenvalue weighted by Crippen LogP contribution is -2.20. The van der Waals surface area contributed by atoms with Gasteiger partial charge in [-0.1, -0.05) is 23.2 Å². The van der Waals surface area contributed by atoms with Crippen molar-refractivity contribution in [3.8, 4) is 22.9 Å². The molecule has 1 N–H and O–H groups in total. The van der Waals surface area contributed by atoms with Crippen molar-refractivity contribution in [3.05, 3.63) is 46.4 Å². The molecule has 3 rings (SSSR count). The van der Waals surface area contributed by atoms with Crippen molar-refractivity contribution in [1.82, 2.24) is 20.2 Å². The molecule has 0 aliphatic rings. The Balaban J connectivity index is 1.71. The number of carbonyl (C=O) groups excluding carboxylic acids is 1. The molecule has 140 valence electrons. The first-order valence-electron chi connectivity index (χ1n) is 7.74. The van der Waals surface area contributed by atoms with Crippen LogP contribution in [0.3, 0.4) is 0 Å². The van der Waals surface area contributed by atoms with E-state index in [2.05, 4.69) is 20.7 Å². The van der Waals surface area contributed by atoms with Crippen LogP contribution in [0.4, 0.5) is 5.69 Å². The Bertz CT molecular complexity index is 957. The molecule has 0 unspecified atom stereocenters. The Labute approximate surface area is 165 Å². The van der Waals surface area contributed by atoms with Crippen LogP contribution >= 0.6 is 23.2 Å². The van der Waals surface area contributed by atoms with Gasteiger partial charge < -0.3 is 14.8 Å². The zero-order chi connectivity index (χ0) is 19.4. The van der Waals surface area contributed by atoms with Crippen molar-refractivity contribution in [1.29, 1.82) is 0 Å². The first-order chi connectivity index (χ1) is 13.0. The summed E-state index contributed by atoms with van der Waals surface area (Å²) in [6, 6.07) is 10.0. The van der Waals surface area contributed by atoms with Gasteiger partial charge in [0.2, 0.25) is 11.7 Å². The van der Waals surface area contributed by atoms with Gasteiger partial charge in [-0.25, -0.2) is 0 Å². The Morgan fingerprint density at radius 3 is 2.44 bits per heavy atom. The van der Waals surface area contributed by atoms with Gasteiger partial charge in [0.1, 0.15) is 6.54 Å². The van der Waals surface area contributed by atoms with Gasteiger partial charge in [0.25, 0.3) is 0 Å². The molecule has 3 aromatic rings. The van der Waals surface area contributed by atoms with E-state index in [1.807, 2.05) is 0 Å². The number of ether oxygens (including phenoxy) is 2. The van der Waals surface area contributed by atoms with Gasteiger partial charge in [-0.15, -0.1) is 10.2 Å². The van der Waals surface area contributed by atoms with Crippen molar-refractivity contribution in [3.63, 3.8) is 0 Å². The van der Waals surface area contributed by atoms with Gasteiger partial charge in [0.15, 0.2) is 11.5 Å². The predicted octanol–water partition coefficient (Wildman–Crippen LogP) is 3.30. The monoisotopic (exact) mass is 407 g/mol. The highest BCUT2D eigenvalue weighted by Crippen LogP contribution is 2.30. The number of hydrogen-bond donors (Lipinski definition) is 1. The molecule has 0 bridgehead atoms. The van der Waals surface area contributed by atoms with Gasteiger partial charge in [0, 0.05) is 21.3 Å². The van der Waals surface area contributed by atoms with Crippen LogP contribution in [-0.4, -0.2) is 40.3 Å². The zero-order valence-corrected chi connectivity index (χ0v) is 16.0. The number of rotatable bonds is 6. The van der Waals surface area contributed by atoms with E-state index in [0.717, 1.165) is 0 Å². The molecule has 0 aliphatic heterocycles. The van der Waals surface area contributed by atoms with E-state index < -0.39 is 0 Å². The Morgan fingerprint density at radius 2 is 1.78 bits per heavy atom. The third-order valence-electron chi connectivity index (χ3n) is 3.53. The molecule has 1 heterocycles. The summed E-state index contributed by atoms with van der Waals surface area (Å²) in [6.07, 6.45) is 0. The molecule has 0 spiro atoms. The molecule has 2 aromatic carbocycles. The Morgan fingerprint density at radius 1 is 1.07 bits per heavy atom. The fraction of sp³-hybridized carbons (Fsp3) is 0.176. The van der Waals surface area contributed by atoms with Gasteiger partial charge in [-0.05, 0) is 41.6 Å². The third kappa shape index (κ3) is 4.66. The van der Waals surface area contributed by atoms with E-state index in [1.54, 1.807) is 50.6 Å². The minimum atomic E-state index is -0.343. The number of aromatic nitrogens is 4. The summed E-state index contributed by atoms with van der Waals surface area (Å²) >= 11 is 11.8. The summed E-state index contributed by atoms with van der Waals surface area (Å²) < 4.78 is 10.5. The predicted molar refractivity (Wildman–Crippen MR) is 101 cm³/mol. The van der Waals surface area contributed by atoms with Crippen molar-refractivity contribution in [2.24, 2.45) is 0 Å². The van der Waals surface area contributed by atoms with E-state index >= 15 is 0 Å². The van der Waals surface area contributed by atoms with Crippen LogP contribution in [0.15, 0.2) is 36.4 Å². The number of halogens is 2. The molecule has 8 nitrogen and oxygen atoms in total. The number of benzene rings is 2. The van der Waals surface area contributed by atoms with Crippen LogP contribution in [-0.2, 0) is 11.3 Å². The Hall–Kier alpha value is -2.84. The van der Waals surface area contributed by atoms with Crippen LogP contribution in [0.5, 0.6) is 11.5 Å². The van der Waals surface area contributed by atoms with E-state index in [-0.39, 0.29) is 12.5 Å². The molecule has 1 aromatic heterocycles. The summed E-state index contributed by atoms with van der Waals surface area (Å²) in [5.74, 6) is 1.15. The molecule has 0 aliphatic carbocycles. The number of carbonyl (C=O) groups is 1.